The van der Waals surface area contributed by atoms with Gasteiger partial charge in [0, 0.05) is 12.1 Å². The minimum atomic E-state index is -0.595. The third kappa shape index (κ3) is 3.19. The smallest absolute Gasteiger partial charge is 0.308 e. The number of Topliss-reactive ketones (excluding diaryl/α,β-unsaturated/α-hetero) is 1. The van der Waals surface area contributed by atoms with Crippen molar-refractivity contribution in [2.75, 3.05) is 20.3 Å². The number of imide groups is 1. The van der Waals surface area contributed by atoms with Gasteiger partial charge in [0.25, 0.3) is 0 Å². The van der Waals surface area contributed by atoms with Crippen molar-refractivity contribution in [2.45, 2.75) is 25.7 Å². The van der Waals surface area contributed by atoms with Crippen LogP contribution in [0.15, 0.2) is 24.3 Å². The summed E-state index contributed by atoms with van der Waals surface area (Å²) in [5, 5.41) is 0. The van der Waals surface area contributed by atoms with Crippen LogP contribution in [0.2, 0.25) is 0 Å². The molecular formula is C21H23NO6. The number of likely N-dealkylation sites (tertiary alicyclic amines) is 1. The van der Waals surface area contributed by atoms with Crippen LogP contribution in [0, 0.1) is 23.7 Å². The van der Waals surface area contributed by atoms with Gasteiger partial charge < -0.3 is 9.47 Å². The third-order valence-electron chi connectivity index (χ3n) is 6.33. The first kappa shape index (κ1) is 18.7. The number of hydrogen-bond donors (Lipinski definition) is 0. The Morgan fingerprint density at radius 2 is 1.64 bits per heavy atom. The summed E-state index contributed by atoms with van der Waals surface area (Å²) in [7, 11) is 1.53. The standard InChI is InChI=1S/C21H23NO6/c1-27-15-6-4-12(5-7-15)16(23)11-28-17(24)8-9-22-20(25)18-13-2-3-14(10-13)19(18)21(22)26/h4-7,13-14,18-19H,2-3,8-11H2,1H3/t13-,14+,18-,19+. The Kier molecular flexibility index (Phi) is 4.91. The van der Waals surface area contributed by atoms with Crippen LogP contribution in [0.1, 0.15) is 36.0 Å². The molecule has 3 fully saturated rings. The summed E-state index contributed by atoms with van der Waals surface area (Å²) in [4.78, 5) is 50.5. The first-order valence-electron chi connectivity index (χ1n) is 9.67. The molecule has 1 heterocycles. The molecule has 148 valence electrons. The summed E-state index contributed by atoms with van der Waals surface area (Å²) in [5.74, 6) is -0.271. The van der Waals surface area contributed by atoms with Crippen molar-refractivity contribution in [2.24, 2.45) is 23.7 Å². The summed E-state index contributed by atoms with van der Waals surface area (Å²) in [6.45, 7) is -0.345. The number of ether oxygens (including phenoxy) is 2. The quantitative estimate of drug-likeness (QED) is 0.404. The minimum absolute atomic E-state index is 0.0274. The highest BCUT2D eigenvalue weighted by molar-refractivity contribution is 6.06. The number of fused-ring (bicyclic) bond motifs is 5. The van der Waals surface area contributed by atoms with Crippen LogP contribution in [0.25, 0.3) is 0 Å². The first-order chi connectivity index (χ1) is 13.5. The van der Waals surface area contributed by atoms with E-state index < -0.39 is 5.97 Å². The van der Waals surface area contributed by atoms with E-state index in [0.29, 0.717) is 23.1 Å². The van der Waals surface area contributed by atoms with E-state index in [4.69, 9.17) is 9.47 Å². The monoisotopic (exact) mass is 385 g/mol. The molecule has 4 atom stereocenters. The number of carbonyl (C=O) groups excluding carboxylic acids is 4. The van der Waals surface area contributed by atoms with Crippen LogP contribution in [-0.4, -0.2) is 48.7 Å². The molecule has 3 aliphatic rings. The van der Waals surface area contributed by atoms with Crippen molar-refractivity contribution in [3.8, 4) is 5.75 Å². The van der Waals surface area contributed by atoms with Crippen LogP contribution in [-0.2, 0) is 19.1 Å². The van der Waals surface area contributed by atoms with Crippen LogP contribution in [0.4, 0.5) is 0 Å². The Balaban J connectivity index is 1.26. The van der Waals surface area contributed by atoms with Crippen molar-refractivity contribution < 1.29 is 28.7 Å². The number of esters is 1. The summed E-state index contributed by atoms with van der Waals surface area (Å²) in [6, 6.07) is 6.51. The summed E-state index contributed by atoms with van der Waals surface area (Å²) in [6.07, 6.45) is 2.93. The van der Waals surface area contributed by atoms with Crippen molar-refractivity contribution in [3.63, 3.8) is 0 Å². The number of methoxy groups -OCH3 is 1. The fraction of sp³-hybridized carbons (Fsp3) is 0.524. The molecular weight excluding hydrogens is 362 g/mol. The Labute approximate surface area is 163 Å². The molecule has 1 aromatic carbocycles. The van der Waals surface area contributed by atoms with Gasteiger partial charge in [-0.2, -0.15) is 0 Å². The molecule has 1 aromatic rings. The van der Waals surface area contributed by atoms with Gasteiger partial charge in [-0.05, 0) is 55.4 Å². The second-order valence-electron chi connectivity index (χ2n) is 7.78. The summed E-state index contributed by atoms with van der Waals surface area (Å²) < 4.78 is 10.1. The molecule has 0 spiro atoms. The number of benzene rings is 1. The van der Waals surface area contributed by atoms with Crippen LogP contribution < -0.4 is 4.74 Å². The molecule has 0 N–H and O–H groups in total. The van der Waals surface area contributed by atoms with Gasteiger partial charge in [0.1, 0.15) is 5.75 Å². The van der Waals surface area contributed by atoms with Crippen LogP contribution in [0.3, 0.4) is 0 Å². The van der Waals surface area contributed by atoms with Gasteiger partial charge >= 0.3 is 5.97 Å². The summed E-state index contributed by atoms with van der Waals surface area (Å²) in [5.41, 5.74) is 0.418. The van der Waals surface area contributed by atoms with E-state index in [1.165, 1.54) is 12.0 Å². The molecule has 0 radical (unpaired) electrons. The Morgan fingerprint density at radius 1 is 1.04 bits per heavy atom. The topological polar surface area (TPSA) is 90.0 Å². The molecule has 28 heavy (non-hydrogen) atoms. The Hall–Kier alpha value is -2.70. The van der Waals surface area contributed by atoms with Gasteiger partial charge in [-0.3, -0.25) is 24.1 Å². The van der Waals surface area contributed by atoms with Gasteiger partial charge in [-0.15, -0.1) is 0 Å². The molecule has 7 heteroatoms. The highest BCUT2D eigenvalue weighted by atomic mass is 16.5. The predicted molar refractivity (Wildman–Crippen MR) is 97.4 cm³/mol. The Morgan fingerprint density at radius 3 is 2.21 bits per heavy atom. The number of rotatable bonds is 7. The van der Waals surface area contributed by atoms with E-state index in [1.807, 2.05) is 0 Å². The van der Waals surface area contributed by atoms with E-state index in [2.05, 4.69) is 0 Å². The Bertz CT molecular complexity index is 789. The maximum Gasteiger partial charge on any atom is 0.308 e. The lowest BCUT2D eigenvalue weighted by Crippen LogP contribution is -2.35. The largest absolute Gasteiger partial charge is 0.497 e. The third-order valence-corrected chi connectivity index (χ3v) is 6.33. The molecule has 2 saturated carbocycles. The molecule has 0 aromatic heterocycles. The molecule has 4 rings (SSSR count). The van der Waals surface area contributed by atoms with Gasteiger partial charge in [-0.25, -0.2) is 0 Å². The fourth-order valence-electron chi connectivity index (χ4n) is 4.97. The molecule has 1 aliphatic heterocycles. The molecule has 2 amide bonds. The number of amides is 2. The molecule has 2 aliphatic carbocycles. The van der Waals surface area contributed by atoms with Gasteiger partial charge in [-0.1, -0.05) is 0 Å². The SMILES string of the molecule is COc1ccc(C(=O)COC(=O)CCN2C(=O)[C@@H]3[C@@H]4CC[C@@H](C4)[C@@H]3C2=O)cc1. The average molecular weight is 385 g/mol. The second kappa shape index (κ2) is 7.37. The number of carbonyl (C=O) groups is 4. The zero-order chi connectivity index (χ0) is 19.8. The maximum absolute atomic E-state index is 12.6. The van der Waals surface area contributed by atoms with Crippen LogP contribution in [0.5, 0.6) is 5.75 Å². The van der Waals surface area contributed by atoms with Gasteiger partial charge in [0.2, 0.25) is 11.8 Å². The van der Waals surface area contributed by atoms with Crippen molar-refractivity contribution in [1.29, 1.82) is 0 Å². The number of nitrogens with zero attached hydrogens (tertiary/aromatic N) is 1. The van der Waals surface area contributed by atoms with Gasteiger partial charge in [0.15, 0.2) is 12.4 Å². The van der Waals surface area contributed by atoms with Gasteiger partial charge in [0.05, 0.1) is 25.4 Å². The van der Waals surface area contributed by atoms with E-state index in [9.17, 15) is 19.2 Å². The summed E-state index contributed by atoms with van der Waals surface area (Å²) >= 11 is 0. The van der Waals surface area contributed by atoms with E-state index in [-0.39, 0.29) is 49.0 Å². The zero-order valence-corrected chi connectivity index (χ0v) is 15.8. The average Bonchev–Trinajstić information content (AvgIpc) is 3.39. The molecule has 1 saturated heterocycles. The minimum Gasteiger partial charge on any atom is -0.497 e. The lowest BCUT2D eigenvalue weighted by atomic mass is 9.81. The highest BCUT2D eigenvalue weighted by Crippen LogP contribution is 2.56. The lowest BCUT2D eigenvalue weighted by Gasteiger charge is -2.19. The first-order valence-corrected chi connectivity index (χ1v) is 9.67. The number of hydrogen-bond acceptors (Lipinski definition) is 6. The number of ketones is 1. The molecule has 2 bridgehead atoms. The zero-order valence-electron chi connectivity index (χ0n) is 15.8. The predicted octanol–water partition coefficient (Wildman–Crippen LogP) is 1.84. The molecule has 7 nitrogen and oxygen atoms in total. The van der Waals surface area contributed by atoms with Crippen molar-refractivity contribution in [1.82, 2.24) is 4.90 Å². The molecule has 0 unspecified atom stereocenters. The highest BCUT2D eigenvalue weighted by Gasteiger charge is 2.60. The van der Waals surface area contributed by atoms with Crippen molar-refractivity contribution in [3.05, 3.63) is 29.8 Å². The second-order valence-corrected chi connectivity index (χ2v) is 7.78. The maximum atomic E-state index is 12.6. The van der Waals surface area contributed by atoms with E-state index >= 15 is 0 Å². The lowest BCUT2D eigenvalue weighted by molar-refractivity contribution is -0.145. The van der Waals surface area contributed by atoms with Crippen LogP contribution >= 0.6 is 0 Å². The van der Waals surface area contributed by atoms with E-state index in [0.717, 1.165) is 19.3 Å². The van der Waals surface area contributed by atoms with Crippen molar-refractivity contribution >= 4 is 23.6 Å². The fourth-order valence-corrected chi connectivity index (χ4v) is 4.97. The van der Waals surface area contributed by atoms with E-state index in [1.54, 1.807) is 24.3 Å². The normalized spacial score (nSPS) is 27.8.